The Labute approximate surface area is 121 Å². The molecule has 1 aliphatic rings. The molecule has 1 aromatic rings. The highest BCUT2D eigenvalue weighted by atomic mass is 35.5. The van der Waals surface area contributed by atoms with Gasteiger partial charge in [-0.15, -0.1) is 0 Å². The molecule has 0 bridgehead atoms. The molecule has 0 aromatic heterocycles. The van der Waals surface area contributed by atoms with Gasteiger partial charge in [-0.05, 0) is 19.4 Å². The summed E-state index contributed by atoms with van der Waals surface area (Å²) in [6.07, 6.45) is 0. The minimum absolute atomic E-state index is 0.158. The average molecular weight is 295 g/mol. The first-order valence-electron chi connectivity index (χ1n) is 6.20. The molecule has 0 saturated carbocycles. The number of carboxylic acids is 1. The molecular formula is C14H15ClN2O3. The lowest BCUT2D eigenvalue weighted by Gasteiger charge is -2.13. The van der Waals surface area contributed by atoms with E-state index in [1.165, 1.54) is 0 Å². The first kappa shape index (κ1) is 14.4. The molecular weight excluding hydrogens is 280 g/mol. The maximum atomic E-state index is 11.5. The molecule has 1 heterocycles. The molecule has 0 radical (unpaired) electrons. The molecule has 0 fully saturated rings. The number of nitrogens with zero attached hydrogens (tertiary/aromatic N) is 1. The second-order valence-electron chi connectivity index (χ2n) is 4.23. The predicted molar refractivity (Wildman–Crippen MR) is 77.5 cm³/mol. The van der Waals surface area contributed by atoms with Gasteiger partial charge in [-0.3, -0.25) is 0 Å². The smallest absolute Gasteiger partial charge is 0.333 e. The van der Waals surface area contributed by atoms with Crippen molar-refractivity contribution >= 4 is 29.3 Å². The van der Waals surface area contributed by atoms with Crippen molar-refractivity contribution in [1.82, 2.24) is 5.32 Å². The Balaban J connectivity index is 2.63. The molecule has 6 heteroatoms. The topological polar surface area (TPSA) is 70.9 Å². The minimum atomic E-state index is -1.04. The van der Waals surface area contributed by atoms with Crippen LogP contribution in [0.5, 0.6) is 0 Å². The number of aliphatic imine (C=N–C) groups is 1. The van der Waals surface area contributed by atoms with E-state index in [0.29, 0.717) is 28.5 Å². The summed E-state index contributed by atoms with van der Waals surface area (Å²) in [4.78, 5) is 15.6. The number of ether oxygens (including phenoxy) is 1. The molecule has 0 aliphatic carbocycles. The van der Waals surface area contributed by atoms with E-state index in [1.807, 2.05) is 12.1 Å². The minimum Gasteiger partial charge on any atom is -0.479 e. The van der Waals surface area contributed by atoms with Crippen molar-refractivity contribution in [3.8, 4) is 0 Å². The van der Waals surface area contributed by atoms with Gasteiger partial charge in [0.1, 0.15) is 0 Å². The third-order valence-electron chi connectivity index (χ3n) is 2.86. The van der Waals surface area contributed by atoms with Crippen molar-refractivity contribution in [3.63, 3.8) is 0 Å². The zero-order valence-corrected chi connectivity index (χ0v) is 11.9. The Kier molecular flexibility index (Phi) is 4.29. The molecule has 1 aliphatic heterocycles. The molecule has 0 spiro atoms. The summed E-state index contributed by atoms with van der Waals surface area (Å²) in [5.74, 6) is -1.04. The normalized spacial score (nSPS) is 20.1. The van der Waals surface area contributed by atoms with Crippen LogP contribution < -0.4 is 5.32 Å². The van der Waals surface area contributed by atoms with Gasteiger partial charge in [0.15, 0.2) is 6.04 Å². The van der Waals surface area contributed by atoms with Gasteiger partial charge in [0.2, 0.25) is 0 Å². The molecule has 1 atom stereocenters. The summed E-state index contributed by atoms with van der Waals surface area (Å²) in [5.41, 5.74) is 1.90. The zero-order valence-electron chi connectivity index (χ0n) is 11.2. The number of carboxylic acid groups (broad SMARTS) is 1. The molecule has 1 aromatic carbocycles. The molecule has 0 saturated heterocycles. The highest BCUT2D eigenvalue weighted by molar-refractivity contribution is 6.32. The van der Waals surface area contributed by atoms with Crippen LogP contribution in [0.3, 0.4) is 0 Å². The highest BCUT2D eigenvalue weighted by Crippen LogP contribution is 2.31. The summed E-state index contributed by atoms with van der Waals surface area (Å²) in [7, 11) is 0. The Morgan fingerprint density at radius 2 is 2.20 bits per heavy atom. The van der Waals surface area contributed by atoms with Crippen LogP contribution in [-0.2, 0) is 9.53 Å². The fraction of sp³-hybridized carbons (Fsp3) is 0.286. The first-order valence-corrected chi connectivity index (χ1v) is 6.58. The third-order valence-corrected chi connectivity index (χ3v) is 3.05. The number of fused-ring (bicyclic) bond motifs is 1. The van der Waals surface area contributed by atoms with Gasteiger partial charge in [-0.1, -0.05) is 35.9 Å². The van der Waals surface area contributed by atoms with Gasteiger partial charge < -0.3 is 15.2 Å². The Morgan fingerprint density at radius 1 is 1.50 bits per heavy atom. The van der Waals surface area contributed by atoms with Crippen LogP contribution in [0.4, 0.5) is 0 Å². The van der Waals surface area contributed by atoms with Gasteiger partial charge in [-0.2, -0.15) is 0 Å². The van der Waals surface area contributed by atoms with Gasteiger partial charge in [0, 0.05) is 10.6 Å². The molecule has 0 amide bonds. The van der Waals surface area contributed by atoms with Crippen LogP contribution in [0.2, 0.25) is 0 Å². The zero-order chi connectivity index (χ0) is 14.7. The summed E-state index contributed by atoms with van der Waals surface area (Å²) in [6, 6.07) is 6.28. The van der Waals surface area contributed by atoms with Crippen LogP contribution in [0.1, 0.15) is 31.0 Å². The van der Waals surface area contributed by atoms with Crippen LogP contribution in [-0.4, -0.2) is 23.7 Å². The lowest BCUT2D eigenvalue weighted by molar-refractivity contribution is -0.138. The second-order valence-corrected chi connectivity index (χ2v) is 4.80. The number of carbonyl (C=O) groups is 1. The molecule has 5 nitrogen and oxygen atoms in total. The largest absolute Gasteiger partial charge is 0.479 e. The van der Waals surface area contributed by atoms with Crippen molar-refractivity contribution in [2.24, 2.45) is 4.99 Å². The van der Waals surface area contributed by atoms with E-state index in [4.69, 9.17) is 16.3 Å². The number of rotatable bonds is 2. The number of aliphatic carboxylic acids is 1. The van der Waals surface area contributed by atoms with Crippen molar-refractivity contribution in [2.75, 3.05) is 6.61 Å². The Bertz CT molecular complexity index is 592. The van der Waals surface area contributed by atoms with E-state index in [0.717, 1.165) is 0 Å². The lowest BCUT2D eigenvalue weighted by atomic mass is 9.98. The van der Waals surface area contributed by atoms with Gasteiger partial charge in [-0.25, -0.2) is 9.79 Å². The van der Waals surface area contributed by atoms with E-state index in [9.17, 15) is 9.90 Å². The van der Waals surface area contributed by atoms with Crippen molar-refractivity contribution in [1.29, 1.82) is 0 Å². The quantitative estimate of drug-likeness (QED) is 0.880. The summed E-state index contributed by atoms with van der Waals surface area (Å²) < 4.78 is 5.34. The number of hydrogen-bond donors (Lipinski definition) is 2. The van der Waals surface area contributed by atoms with E-state index in [-0.39, 0.29) is 6.02 Å². The van der Waals surface area contributed by atoms with E-state index in [2.05, 4.69) is 10.3 Å². The second kappa shape index (κ2) is 5.96. The summed E-state index contributed by atoms with van der Waals surface area (Å²) >= 11 is 6.11. The molecule has 2 N–H and O–H groups in total. The van der Waals surface area contributed by atoms with E-state index >= 15 is 0 Å². The first-order chi connectivity index (χ1) is 9.54. The van der Waals surface area contributed by atoms with Crippen molar-refractivity contribution < 1.29 is 14.6 Å². The molecule has 106 valence electrons. The monoisotopic (exact) mass is 294 g/mol. The van der Waals surface area contributed by atoms with Crippen molar-refractivity contribution in [2.45, 2.75) is 19.9 Å². The number of benzene rings is 1. The predicted octanol–water partition coefficient (Wildman–Crippen LogP) is 2.74. The standard InChI is InChI=1S/C14H15ClN2O3/c1-3-20-14-16-11(8(2)15)9-6-4-5-7-10(9)12(17-14)13(18)19/h4-7,12H,3H2,1-2H3,(H,16,17)(H,18,19)/b11-8-/t12-/m1/s1. The van der Waals surface area contributed by atoms with Crippen LogP contribution in [0.25, 0.3) is 5.70 Å². The number of allylic oxidation sites excluding steroid dienone is 1. The van der Waals surface area contributed by atoms with Crippen LogP contribution in [0.15, 0.2) is 34.3 Å². The average Bonchev–Trinajstić information content (AvgIpc) is 2.57. The molecule has 0 unspecified atom stereocenters. The molecule has 20 heavy (non-hydrogen) atoms. The fourth-order valence-electron chi connectivity index (χ4n) is 2.03. The number of nitrogens with one attached hydrogen (secondary N) is 1. The number of halogens is 1. The van der Waals surface area contributed by atoms with Gasteiger partial charge in [0.05, 0.1) is 12.3 Å². The van der Waals surface area contributed by atoms with Crippen LogP contribution >= 0.6 is 11.6 Å². The fourth-order valence-corrected chi connectivity index (χ4v) is 2.18. The van der Waals surface area contributed by atoms with Gasteiger partial charge in [0.25, 0.3) is 6.02 Å². The Morgan fingerprint density at radius 3 is 2.80 bits per heavy atom. The van der Waals surface area contributed by atoms with E-state index in [1.54, 1.807) is 26.0 Å². The maximum absolute atomic E-state index is 11.5. The van der Waals surface area contributed by atoms with E-state index < -0.39 is 12.0 Å². The third kappa shape index (κ3) is 2.77. The SMILES string of the molecule is CCOC1=N[C@@H](C(=O)O)c2ccccc2/C(=C(\C)Cl)N1. The highest BCUT2D eigenvalue weighted by Gasteiger charge is 2.28. The summed E-state index contributed by atoms with van der Waals surface area (Å²) in [6.45, 7) is 3.91. The Hall–Kier alpha value is -2.01. The van der Waals surface area contributed by atoms with Crippen LogP contribution in [0, 0.1) is 0 Å². The number of amidine groups is 1. The maximum Gasteiger partial charge on any atom is 0.333 e. The lowest BCUT2D eigenvalue weighted by Crippen LogP contribution is -2.24. The molecule has 2 rings (SSSR count). The number of hydrogen-bond acceptors (Lipinski definition) is 4. The van der Waals surface area contributed by atoms with Crippen molar-refractivity contribution in [3.05, 3.63) is 40.4 Å². The summed E-state index contributed by atoms with van der Waals surface area (Å²) in [5, 5.41) is 12.9. The van der Waals surface area contributed by atoms with Gasteiger partial charge >= 0.3 is 5.97 Å².